The van der Waals surface area contributed by atoms with E-state index in [1.54, 1.807) is 0 Å². The standard InChI is InChI=1S/C14H12FNO3.C6H2F3NO2/c1-10-7-12(15)8-13(14(10)16(17)18)19-9-11-5-3-2-4-6-11;7-3-1-4(8)6(10(11)12)5(9)2-3/h2-8H,9H2,1H3;1-2H. The van der Waals surface area contributed by atoms with Crippen LogP contribution in [0, 0.1) is 50.4 Å². The lowest BCUT2D eigenvalue weighted by atomic mass is 10.2. The first-order chi connectivity index (χ1) is 14.6. The molecule has 31 heavy (non-hydrogen) atoms. The molecule has 0 amide bonds. The molecule has 0 atom stereocenters. The zero-order valence-corrected chi connectivity index (χ0v) is 15.9. The smallest absolute Gasteiger partial charge is 0.340 e. The highest BCUT2D eigenvalue weighted by Crippen LogP contribution is 2.32. The summed E-state index contributed by atoms with van der Waals surface area (Å²) in [5, 5.41) is 20.9. The molecule has 3 aromatic rings. The van der Waals surface area contributed by atoms with Gasteiger partial charge in [0.05, 0.1) is 9.85 Å². The van der Waals surface area contributed by atoms with Crippen molar-refractivity contribution in [3.05, 3.63) is 109 Å². The van der Waals surface area contributed by atoms with Crippen molar-refractivity contribution in [3.63, 3.8) is 0 Å². The van der Waals surface area contributed by atoms with Crippen LogP contribution < -0.4 is 4.74 Å². The van der Waals surface area contributed by atoms with E-state index >= 15 is 0 Å². The highest BCUT2D eigenvalue weighted by atomic mass is 19.1. The number of nitro benzene ring substituents is 2. The average molecular weight is 438 g/mol. The molecule has 0 aliphatic rings. The summed E-state index contributed by atoms with van der Waals surface area (Å²) in [6, 6.07) is 11.9. The first kappa shape index (κ1) is 23.3. The topological polar surface area (TPSA) is 95.5 Å². The van der Waals surface area contributed by atoms with Gasteiger partial charge in [0.15, 0.2) is 0 Å². The maximum absolute atomic E-state index is 13.3. The minimum absolute atomic E-state index is 0.0497. The summed E-state index contributed by atoms with van der Waals surface area (Å²) in [4.78, 5) is 19.1. The lowest BCUT2D eigenvalue weighted by Gasteiger charge is -2.08. The number of ether oxygens (including phenoxy) is 1. The Balaban J connectivity index is 0.000000245. The van der Waals surface area contributed by atoms with Gasteiger partial charge < -0.3 is 4.74 Å². The summed E-state index contributed by atoms with van der Waals surface area (Å²) in [5.74, 6) is -4.82. The van der Waals surface area contributed by atoms with E-state index < -0.39 is 38.8 Å². The number of halogens is 4. The largest absolute Gasteiger partial charge is 0.482 e. The van der Waals surface area contributed by atoms with Crippen molar-refractivity contribution in [2.24, 2.45) is 0 Å². The third-order valence-corrected chi connectivity index (χ3v) is 3.81. The molecule has 0 bridgehead atoms. The van der Waals surface area contributed by atoms with Crippen molar-refractivity contribution in [2.75, 3.05) is 0 Å². The predicted molar refractivity (Wildman–Crippen MR) is 102 cm³/mol. The second-order valence-electron chi connectivity index (χ2n) is 6.08. The fourth-order valence-corrected chi connectivity index (χ4v) is 2.49. The predicted octanol–water partition coefficient (Wildman–Crippen LogP) is 5.63. The van der Waals surface area contributed by atoms with Crippen LogP contribution in [0.1, 0.15) is 11.1 Å². The minimum Gasteiger partial charge on any atom is -0.482 e. The van der Waals surface area contributed by atoms with Crippen molar-refractivity contribution >= 4 is 11.4 Å². The molecule has 162 valence electrons. The molecule has 11 heteroatoms. The lowest BCUT2D eigenvalue weighted by Crippen LogP contribution is -2.01. The van der Waals surface area contributed by atoms with Gasteiger partial charge in [0, 0.05) is 23.8 Å². The summed E-state index contributed by atoms with van der Waals surface area (Å²) in [7, 11) is 0. The van der Waals surface area contributed by atoms with Crippen LogP contribution in [-0.4, -0.2) is 9.85 Å². The van der Waals surface area contributed by atoms with Crippen LogP contribution in [0.2, 0.25) is 0 Å². The third-order valence-electron chi connectivity index (χ3n) is 3.81. The SMILES string of the molecule is Cc1cc(F)cc(OCc2ccccc2)c1[N+](=O)[O-].O=[N+]([O-])c1c(F)cc(F)cc1F. The van der Waals surface area contributed by atoms with Gasteiger partial charge in [-0.1, -0.05) is 30.3 Å². The Morgan fingerprint density at radius 3 is 1.84 bits per heavy atom. The molecule has 0 unspecified atom stereocenters. The van der Waals surface area contributed by atoms with Gasteiger partial charge in [-0.2, -0.15) is 8.78 Å². The fourth-order valence-electron chi connectivity index (χ4n) is 2.49. The summed E-state index contributed by atoms with van der Waals surface area (Å²) >= 11 is 0. The second-order valence-corrected chi connectivity index (χ2v) is 6.08. The van der Waals surface area contributed by atoms with E-state index in [4.69, 9.17) is 4.74 Å². The monoisotopic (exact) mass is 438 g/mol. The van der Waals surface area contributed by atoms with Crippen LogP contribution >= 0.6 is 0 Å². The summed E-state index contributed by atoms with van der Waals surface area (Å²) in [6.07, 6.45) is 0. The zero-order valence-electron chi connectivity index (χ0n) is 15.9. The van der Waals surface area contributed by atoms with Crippen molar-refractivity contribution in [3.8, 4) is 5.75 Å². The molecule has 7 nitrogen and oxygen atoms in total. The number of nitro groups is 2. The molecule has 0 spiro atoms. The molecular formula is C20H14F4N2O5. The Morgan fingerprint density at radius 1 is 0.806 bits per heavy atom. The number of hydrogen-bond acceptors (Lipinski definition) is 5. The van der Waals surface area contributed by atoms with E-state index in [0.717, 1.165) is 17.7 Å². The normalized spacial score (nSPS) is 10.1. The molecule has 0 saturated heterocycles. The Morgan fingerprint density at radius 2 is 1.32 bits per heavy atom. The van der Waals surface area contributed by atoms with Crippen molar-refractivity contribution in [2.45, 2.75) is 13.5 Å². The van der Waals surface area contributed by atoms with Gasteiger partial charge >= 0.3 is 11.4 Å². The summed E-state index contributed by atoms with van der Waals surface area (Å²) in [5.41, 5.74) is -0.430. The van der Waals surface area contributed by atoms with Gasteiger partial charge in [0.1, 0.15) is 18.2 Å². The van der Waals surface area contributed by atoms with Crippen LogP contribution in [0.4, 0.5) is 28.9 Å². The van der Waals surface area contributed by atoms with E-state index in [1.807, 2.05) is 30.3 Å². The second kappa shape index (κ2) is 10.1. The Hall–Kier alpha value is -4.02. The maximum atomic E-state index is 13.3. The van der Waals surface area contributed by atoms with Crippen molar-refractivity contribution in [1.29, 1.82) is 0 Å². The first-order valence-corrected chi connectivity index (χ1v) is 8.50. The van der Waals surface area contributed by atoms with Crippen molar-refractivity contribution < 1.29 is 32.1 Å². The number of nitrogens with zero attached hydrogens (tertiary/aromatic N) is 2. The molecule has 0 aliphatic carbocycles. The molecule has 0 N–H and O–H groups in total. The molecule has 0 heterocycles. The maximum Gasteiger partial charge on any atom is 0.340 e. The fraction of sp³-hybridized carbons (Fsp3) is 0.100. The van der Waals surface area contributed by atoms with Crippen LogP contribution in [0.25, 0.3) is 0 Å². The number of benzene rings is 3. The number of aryl methyl sites for hydroxylation is 1. The van der Waals surface area contributed by atoms with E-state index in [-0.39, 0.29) is 35.7 Å². The van der Waals surface area contributed by atoms with Gasteiger partial charge in [-0.3, -0.25) is 20.2 Å². The highest BCUT2D eigenvalue weighted by molar-refractivity contribution is 5.52. The molecule has 0 fully saturated rings. The zero-order chi connectivity index (χ0) is 23.1. The Bertz CT molecular complexity index is 1090. The molecule has 3 aromatic carbocycles. The van der Waals surface area contributed by atoms with Gasteiger partial charge in [-0.15, -0.1) is 0 Å². The Labute approximate surface area is 172 Å². The molecule has 0 radical (unpaired) electrons. The van der Waals surface area contributed by atoms with E-state index in [1.165, 1.54) is 6.92 Å². The van der Waals surface area contributed by atoms with Gasteiger partial charge in [0.25, 0.3) is 0 Å². The molecule has 0 aromatic heterocycles. The van der Waals surface area contributed by atoms with E-state index in [0.29, 0.717) is 0 Å². The molecule has 3 rings (SSSR count). The average Bonchev–Trinajstić information content (AvgIpc) is 2.65. The first-order valence-electron chi connectivity index (χ1n) is 8.50. The number of hydrogen-bond donors (Lipinski definition) is 0. The minimum atomic E-state index is -1.52. The lowest BCUT2D eigenvalue weighted by molar-refractivity contribution is -0.390. The van der Waals surface area contributed by atoms with Gasteiger partial charge in [0.2, 0.25) is 17.4 Å². The molecule has 0 aliphatic heterocycles. The van der Waals surface area contributed by atoms with Crippen LogP contribution in [0.5, 0.6) is 5.75 Å². The number of rotatable bonds is 5. The van der Waals surface area contributed by atoms with E-state index in [9.17, 15) is 37.8 Å². The van der Waals surface area contributed by atoms with Gasteiger partial charge in [-0.05, 0) is 18.6 Å². The van der Waals surface area contributed by atoms with Crippen LogP contribution in [-0.2, 0) is 6.61 Å². The summed E-state index contributed by atoms with van der Waals surface area (Å²) in [6.45, 7) is 1.64. The van der Waals surface area contributed by atoms with Crippen LogP contribution in [0.3, 0.4) is 0 Å². The van der Waals surface area contributed by atoms with E-state index in [2.05, 4.69) is 0 Å². The summed E-state index contributed by atoms with van der Waals surface area (Å²) < 4.78 is 55.7. The highest BCUT2D eigenvalue weighted by Gasteiger charge is 2.22. The Kier molecular flexibility index (Phi) is 7.61. The van der Waals surface area contributed by atoms with Gasteiger partial charge in [-0.25, -0.2) is 8.78 Å². The van der Waals surface area contributed by atoms with Crippen LogP contribution in [0.15, 0.2) is 54.6 Å². The molecule has 0 saturated carbocycles. The van der Waals surface area contributed by atoms with Crippen molar-refractivity contribution in [1.82, 2.24) is 0 Å². The third kappa shape index (κ3) is 6.23. The molecular weight excluding hydrogens is 424 g/mol. The quantitative estimate of drug-likeness (QED) is 0.292.